The van der Waals surface area contributed by atoms with Crippen LogP contribution in [0.5, 0.6) is 0 Å². The van der Waals surface area contributed by atoms with Crippen molar-refractivity contribution in [3.8, 4) is 0 Å². The predicted octanol–water partition coefficient (Wildman–Crippen LogP) is 3.43. The van der Waals surface area contributed by atoms with Gasteiger partial charge in [-0.2, -0.15) is 0 Å². The Labute approximate surface area is 141 Å². The Kier molecular flexibility index (Phi) is 5.55. The van der Waals surface area contributed by atoms with Gasteiger partial charge in [0.1, 0.15) is 11.3 Å². The van der Waals surface area contributed by atoms with E-state index in [1.807, 2.05) is 29.1 Å². The van der Waals surface area contributed by atoms with E-state index < -0.39 is 0 Å². The molecule has 6 heteroatoms. The SMILES string of the molecule is CCn1cnc(=NCc2ccccc2)c2[nH]c(C(C)C)nc21.Cl. The smallest absolute Gasteiger partial charge is 0.177 e. The molecule has 0 amide bonds. The average Bonchev–Trinajstić information content (AvgIpc) is 2.99. The number of benzene rings is 1. The summed E-state index contributed by atoms with van der Waals surface area (Å²) in [6.45, 7) is 7.80. The number of fused-ring (bicyclic) bond motifs is 1. The van der Waals surface area contributed by atoms with Gasteiger partial charge in [-0.3, -0.25) is 4.99 Å². The highest BCUT2D eigenvalue weighted by Crippen LogP contribution is 2.14. The summed E-state index contributed by atoms with van der Waals surface area (Å²) in [4.78, 5) is 17.2. The fourth-order valence-electron chi connectivity index (χ4n) is 2.36. The number of imidazole rings is 1. The molecule has 0 radical (unpaired) electrons. The Morgan fingerprint density at radius 1 is 1.22 bits per heavy atom. The Balaban J connectivity index is 0.00000192. The molecule has 0 unspecified atom stereocenters. The second-order valence-electron chi connectivity index (χ2n) is 5.63. The molecule has 0 bridgehead atoms. The molecule has 0 saturated heterocycles. The first-order valence-corrected chi connectivity index (χ1v) is 7.68. The molecule has 0 aliphatic rings. The van der Waals surface area contributed by atoms with E-state index in [1.54, 1.807) is 0 Å². The van der Waals surface area contributed by atoms with Crippen molar-refractivity contribution in [2.24, 2.45) is 4.99 Å². The zero-order chi connectivity index (χ0) is 15.5. The van der Waals surface area contributed by atoms with Crippen molar-refractivity contribution in [3.63, 3.8) is 0 Å². The molecule has 1 N–H and O–H groups in total. The van der Waals surface area contributed by atoms with E-state index in [4.69, 9.17) is 4.98 Å². The number of hydrogen-bond acceptors (Lipinski definition) is 3. The second kappa shape index (κ2) is 7.42. The fourth-order valence-corrected chi connectivity index (χ4v) is 2.36. The van der Waals surface area contributed by atoms with Crippen molar-refractivity contribution >= 4 is 23.6 Å². The maximum Gasteiger partial charge on any atom is 0.177 e. The van der Waals surface area contributed by atoms with Gasteiger partial charge in [-0.25, -0.2) is 9.97 Å². The molecule has 122 valence electrons. The van der Waals surface area contributed by atoms with E-state index in [0.29, 0.717) is 12.5 Å². The highest BCUT2D eigenvalue weighted by atomic mass is 35.5. The Morgan fingerprint density at radius 3 is 2.61 bits per heavy atom. The molecular weight excluding hydrogens is 310 g/mol. The minimum Gasteiger partial charge on any atom is -0.337 e. The molecule has 0 aliphatic carbocycles. The van der Waals surface area contributed by atoms with Gasteiger partial charge in [0, 0.05) is 12.5 Å². The van der Waals surface area contributed by atoms with Gasteiger partial charge >= 0.3 is 0 Å². The molecule has 2 heterocycles. The van der Waals surface area contributed by atoms with Crippen LogP contribution in [-0.2, 0) is 13.1 Å². The monoisotopic (exact) mass is 331 g/mol. The van der Waals surface area contributed by atoms with Gasteiger partial charge in [-0.05, 0) is 12.5 Å². The molecule has 1 aromatic carbocycles. The fraction of sp³-hybridized carbons (Fsp3) is 0.353. The van der Waals surface area contributed by atoms with Gasteiger partial charge in [0.05, 0.1) is 12.9 Å². The number of hydrogen-bond donors (Lipinski definition) is 1. The number of nitrogens with zero attached hydrogens (tertiary/aromatic N) is 4. The van der Waals surface area contributed by atoms with Crippen LogP contribution in [0.2, 0.25) is 0 Å². The molecule has 3 rings (SSSR count). The quantitative estimate of drug-likeness (QED) is 0.796. The zero-order valence-electron chi connectivity index (χ0n) is 13.7. The van der Waals surface area contributed by atoms with Crippen LogP contribution in [0.4, 0.5) is 0 Å². The van der Waals surface area contributed by atoms with Crippen molar-refractivity contribution in [1.29, 1.82) is 0 Å². The summed E-state index contributed by atoms with van der Waals surface area (Å²) >= 11 is 0. The molecule has 2 aromatic heterocycles. The van der Waals surface area contributed by atoms with Gasteiger partial charge in [0.2, 0.25) is 0 Å². The highest BCUT2D eigenvalue weighted by molar-refractivity contribution is 5.85. The number of rotatable bonds is 4. The maximum absolute atomic E-state index is 4.71. The molecule has 3 aromatic rings. The first-order valence-electron chi connectivity index (χ1n) is 7.68. The Hall–Kier alpha value is -2.14. The number of aromatic amines is 1. The van der Waals surface area contributed by atoms with Gasteiger partial charge in [-0.1, -0.05) is 44.2 Å². The lowest BCUT2D eigenvalue weighted by atomic mass is 10.2. The lowest BCUT2D eigenvalue weighted by molar-refractivity contribution is 0.745. The van der Waals surface area contributed by atoms with Gasteiger partial charge < -0.3 is 9.55 Å². The lowest BCUT2D eigenvalue weighted by Crippen LogP contribution is -2.14. The van der Waals surface area contributed by atoms with Gasteiger partial charge in [-0.15, -0.1) is 12.4 Å². The van der Waals surface area contributed by atoms with Crippen molar-refractivity contribution < 1.29 is 0 Å². The number of aromatic nitrogens is 4. The van der Waals surface area contributed by atoms with E-state index in [9.17, 15) is 0 Å². The third-order valence-corrected chi connectivity index (χ3v) is 3.66. The highest BCUT2D eigenvalue weighted by Gasteiger charge is 2.10. The molecule has 0 fully saturated rings. The molecule has 0 atom stereocenters. The van der Waals surface area contributed by atoms with Crippen LogP contribution in [0.1, 0.15) is 38.1 Å². The number of nitrogens with one attached hydrogen (secondary N) is 1. The largest absolute Gasteiger partial charge is 0.337 e. The molecular formula is C17H22ClN5. The minimum absolute atomic E-state index is 0. The van der Waals surface area contributed by atoms with Crippen LogP contribution in [-0.4, -0.2) is 19.5 Å². The lowest BCUT2D eigenvalue weighted by Gasteiger charge is -2.02. The van der Waals surface area contributed by atoms with E-state index in [-0.39, 0.29) is 12.4 Å². The predicted molar refractivity (Wildman–Crippen MR) is 94.6 cm³/mol. The first-order chi connectivity index (χ1) is 10.7. The number of H-pyrrole nitrogens is 1. The Bertz CT molecular complexity index is 833. The maximum atomic E-state index is 4.71. The second-order valence-corrected chi connectivity index (χ2v) is 5.63. The van der Waals surface area contributed by atoms with Gasteiger partial charge in [0.25, 0.3) is 0 Å². The summed E-state index contributed by atoms with van der Waals surface area (Å²) in [6.07, 6.45) is 1.82. The minimum atomic E-state index is 0. The van der Waals surface area contributed by atoms with Crippen LogP contribution < -0.4 is 5.49 Å². The van der Waals surface area contributed by atoms with Crippen LogP contribution >= 0.6 is 12.4 Å². The summed E-state index contributed by atoms with van der Waals surface area (Å²) < 4.78 is 2.04. The van der Waals surface area contributed by atoms with E-state index >= 15 is 0 Å². The van der Waals surface area contributed by atoms with E-state index in [0.717, 1.165) is 29.0 Å². The summed E-state index contributed by atoms with van der Waals surface area (Å²) in [5.74, 6) is 1.32. The molecule has 5 nitrogen and oxygen atoms in total. The summed E-state index contributed by atoms with van der Waals surface area (Å²) in [6, 6.07) is 10.2. The van der Waals surface area contributed by atoms with Crippen molar-refractivity contribution in [3.05, 3.63) is 53.5 Å². The Morgan fingerprint density at radius 2 is 1.96 bits per heavy atom. The molecule has 0 aliphatic heterocycles. The third-order valence-electron chi connectivity index (χ3n) is 3.66. The van der Waals surface area contributed by atoms with E-state index in [2.05, 4.69) is 47.9 Å². The van der Waals surface area contributed by atoms with Crippen molar-refractivity contribution in [2.75, 3.05) is 0 Å². The first kappa shape index (κ1) is 17.2. The van der Waals surface area contributed by atoms with E-state index in [1.165, 1.54) is 5.56 Å². The third kappa shape index (κ3) is 3.62. The molecule has 0 spiro atoms. The number of aryl methyl sites for hydroxylation is 1. The van der Waals surface area contributed by atoms with Crippen molar-refractivity contribution in [1.82, 2.24) is 19.5 Å². The summed E-state index contributed by atoms with van der Waals surface area (Å²) in [7, 11) is 0. The summed E-state index contributed by atoms with van der Waals surface area (Å²) in [5.41, 5.74) is 3.74. The van der Waals surface area contributed by atoms with Crippen LogP contribution in [0.15, 0.2) is 41.7 Å². The van der Waals surface area contributed by atoms with Crippen LogP contribution in [0, 0.1) is 0 Å². The van der Waals surface area contributed by atoms with Crippen LogP contribution in [0.3, 0.4) is 0 Å². The van der Waals surface area contributed by atoms with Crippen molar-refractivity contribution in [2.45, 2.75) is 39.8 Å². The van der Waals surface area contributed by atoms with Crippen LogP contribution in [0.25, 0.3) is 11.2 Å². The summed E-state index contributed by atoms with van der Waals surface area (Å²) in [5, 5.41) is 0. The average molecular weight is 332 g/mol. The molecule has 23 heavy (non-hydrogen) atoms. The molecule has 0 saturated carbocycles. The topological polar surface area (TPSA) is 58.9 Å². The standard InChI is InChI=1S/C17H21N5.ClH/c1-4-22-11-19-16(18-10-13-8-6-5-7-9-13)14-17(22)21-15(20-14)12(2)3;/h5-9,11-12H,4,10H2,1-3H3,(H,20,21);1H. The number of halogens is 1. The normalized spacial score (nSPS) is 11.9. The zero-order valence-corrected chi connectivity index (χ0v) is 14.5. The van der Waals surface area contributed by atoms with Gasteiger partial charge in [0.15, 0.2) is 11.1 Å².